The fourth-order valence-corrected chi connectivity index (χ4v) is 4.99. The number of nitrogens with two attached hydrogens (primary N) is 2. The first-order chi connectivity index (χ1) is 8.08. The largest absolute Gasteiger partial charge is 0.330 e. The quantitative estimate of drug-likeness (QED) is 0.735. The molecule has 2 saturated carbocycles. The van der Waals surface area contributed by atoms with Crippen LogP contribution in [0.25, 0.3) is 0 Å². The molecular weight excluding hydrogens is 208 g/mol. The van der Waals surface area contributed by atoms with Crippen LogP contribution in [-0.4, -0.2) is 12.1 Å². The SMILES string of the molecule is CCC(C)(N)C1CC(CN)C2C3C=CC(C3)C21. The van der Waals surface area contributed by atoms with Gasteiger partial charge in [-0.25, -0.2) is 0 Å². The number of fused-ring (bicyclic) bond motifs is 5. The lowest BCUT2D eigenvalue weighted by Crippen LogP contribution is -2.46. The fraction of sp³-hybridized carbons (Fsp3) is 0.867. The molecule has 3 aliphatic carbocycles. The molecule has 0 radical (unpaired) electrons. The van der Waals surface area contributed by atoms with Crippen molar-refractivity contribution in [1.82, 2.24) is 0 Å². The van der Waals surface area contributed by atoms with E-state index in [1.54, 1.807) is 0 Å². The highest BCUT2D eigenvalue weighted by molar-refractivity contribution is 5.20. The van der Waals surface area contributed by atoms with Crippen molar-refractivity contribution in [3.8, 4) is 0 Å². The van der Waals surface area contributed by atoms with Gasteiger partial charge in [0.05, 0.1) is 0 Å². The van der Waals surface area contributed by atoms with Crippen molar-refractivity contribution in [2.24, 2.45) is 47.0 Å². The summed E-state index contributed by atoms with van der Waals surface area (Å²) in [7, 11) is 0. The summed E-state index contributed by atoms with van der Waals surface area (Å²) in [5.41, 5.74) is 12.6. The molecule has 2 fully saturated rings. The van der Waals surface area contributed by atoms with Gasteiger partial charge in [0.25, 0.3) is 0 Å². The smallest absolute Gasteiger partial charge is 0.0154 e. The third kappa shape index (κ3) is 1.53. The number of hydrogen-bond donors (Lipinski definition) is 2. The first kappa shape index (κ1) is 11.7. The monoisotopic (exact) mass is 234 g/mol. The molecule has 96 valence electrons. The van der Waals surface area contributed by atoms with E-state index in [1.165, 1.54) is 12.8 Å². The summed E-state index contributed by atoms with van der Waals surface area (Å²) in [4.78, 5) is 0. The molecule has 3 rings (SSSR count). The Bertz CT molecular complexity index is 334. The van der Waals surface area contributed by atoms with Crippen molar-refractivity contribution in [3.05, 3.63) is 12.2 Å². The van der Waals surface area contributed by atoms with Gasteiger partial charge < -0.3 is 11.5 Å². The number of allylic oxidation sites excluding steroid dienone is 2. The molecule has 7 atom stereocenters. The molecule has 0 aromatic carbocycles. The van der Waals surface area contributed by atoms with Crippen LogP contribution >= 0.6 is 0 Å². The van der Waals surface area contributed by atoms with Crippen molar-refractivity contribution in [2.75, 3.05) is 6.54 Å². The van der Waals surface area contributed by atoms with Crippen LogP contribution in [0, 0.1) is 35.5 Å². The van der Waals surface area contributed by atoms with Crippen molar-refractivity contribution in [1.29, 1.82) is 0 Å². The maximum atomic E-state index is 6.56. The predicted octanol–water partition coefficient (Wildman–Crippen LogP) is 2.15. The Balaban J connectivity index is 1.91. The summed E-state index contributed by atoms with van der Waals surface area (Å²) in [5, 5.41) is 0. The standard InChI is InChI=1S/C15H26N2/c1-3-15(2,17)12-7-11(8-16)13-9-4-5-10(6-9)14(12)13/h4-5,9-14H,3,6-8,16-17H2,1-2H3. The zero-order valence-corrected chi connectivity index (χ0v) is 11.1. The maximum absolute atomic E-state index is 6.56. The third-order valence-electron chi connectivity index (χ3n) is 6.06. The van der Waals surface area contributed by atoms with Crippen LogP contribution in [0.4, 0.5) is 0 Å². The van der Waals surface area contributed by atoms with Gasteiger partial charge in [0, 0.05) is 5.54 Å². The van der Waals surface area contributed by atoms with Crippen LogP contribution in [0.1, 0.15) is 33.1 Å². The van der Waals surface area contributed by atoms with Crippen LogP contribution in [0.3, 0.4) is 0 Å². The van der Waals surface area contributed by atoms with E-state index in [0.717, 1.165) is 42.6 Å². The molecule has 0 spiro atoms. The van der Waals surface area contributed by atoms with Gasteiger partial charge in [0.2, 0.25) is 0 Å². The van der Waals surface area contributed by atoms with E-state index < -0.39 is 0 Å². The van der Waals surface area contributed by atoms with Gasteiger partial charge >= 0.3 is 0 Å². The van der Waals surface area contributed by atoms with E-state index in [9.17, 15) is 0 Å². The Morgan fingerprint density at radius 1 is 1.18 bits per heavy atom. The van der Waals surface area contributed by atoms with E-state index in [0.29, 0.717) is 5.92 Å². The molecule has 0 heterocycles. The minimum Gasteiger partial charge on any atom is -0.330 e. The fourth-order valence-electron chi connectivity index (χ4n) is 4.99. The molecule has 4 N–H and O–H groups in total. The highest BCUT2D eigenvalue weighted by Gasteiger charge is 2.57. The van der Waals surface area contributed by atoms with Crippen molar-refractivity contribution in [3.63, 3.8) is 0 Å². The Morgan fingerprint density at radius 3 is 2.41 bits per heavy atom. The molecule has 7 unspecified atom stereocenters. The lowest BCUT2D eigenvalue weighted by atomic mass is 9.72. The third-order valence-corrected chi connectivity index (χ3v) is 6.06. The van der Waals surface area contributed by atoms with E-state index in [4.69, 9.17) is 11.5 Å². The molecule has 0 saturated heterocycles. The lowest BCUT2D eigenvalue weighted by Gasteiger charge is -2.37. The number of hydrogen-bond acceptors (Lipinski definition) is 2. The van der Waals surface area contributed by atoms with E-state index in [1.807, 2.05) is 0 Å². The molecule has 0 aliphatic heterocycles. The van der Waals surface area contributed by atoms with Gasteiger partial charge in [-0.05, 0) is 68.2 Å². The second kappa shape index (κ2) is 3.83. The first-order valence-electron chi connectivity index (χ1n) is 7.25. The summed E-state index contributed by atoms with van der Waals surface area (Å²) in [6.07, 6.45) is 8.64. The van der Waals surface area contributed by atoms with Crippen LogP contribution in [0.5, 0.6) is 0 Å². The van der Waals surface area contributed by atoms with Gasteiger partial charge in [-0.2, -0.15) is 0 Å². The molecule has 17 heavy (non-hydrogen) atoms. The number of rotatable bonds is 3. The summed E-state index contributed by atoms with van der Waals surface area (Å²) in [6, 6.07) is 0. The summed E-state index contributed by atoms with van der Waals surface area (Å²) >= 11 is 0. The van der Waals surface area contributed by atoms with Crippen molar-refractivity contribution in [2.45, 2.75) is 38.6 Å². The van der Waals surface area contributed by atoms with Crippen molar-refractivity contribution < 1.29 is 0 Å². The topological polar surface area (TPSA) is 52.0 Å². The van der Waals surface area contributed by atoms with Crippen LogP contribution in [0.15, 0.2) is 12.2 Å². The molecule has 0 amide bonds. The van der Waals surface area contributed by atoms with Gasteiger partial charge in [-0.15, -0.1) is 0 Å². The average molecular weight is 234 g/mol. The van der Waals surface area contributed by atoms with Crippen LogP contribution < -0.4 is 11.5 Å². The molecular formula is C15H26N2. The van der Waals surface area contributed by atoms with Gasteiger partial charge in [0.1, 0.15) is 0 Å². The minimum atomic E-state index is 0.00512. The first-order valence-corrected chi connectivity index (χ1v) is 7.25. The lowest BCUT2D eigenvalue weighted by molar-refractivity contribution is 0.184. The summed E-state index contributed by atoms with van der Waals surface area (Å²) < 4.78 is 0. The van der Waals surface area contributed by atoms with Crippen molar-refractivity contribution >= 4 is 0 Å². The normalized spacial score (nSPS) is 50.6. The van der Waals surface area contributed by atoms with Gasteiger partial charge in [-0.3, -0.25) is 0 Å². The Hall–Kier alpha value is -0.340. The summed E-state index contributed by atoms with van der Waals surface area (Å²) in [6.45, 7) is 5.34. The van der Waals surface area contributed by atoms with Crippen LogP contribution in [0.2, 0.25) is 0 Å². The molecule has 0 aromatic rings. The second-order valence-corrected chi connectivity index (χ2v) is 6.80. The Kier molecular flexibility index (Phi) is 2.64. The van der Waals surface area contributed by atoms with Gasteiger partial charge in [0.15, 0.2) is 0 Å². The second-order valence-electron chi connectivity index (χ2n) is 6.80. The van der Waals surface area contributed by atoms with E-state index >= 15 is 0 Å². The minimum absolute atomic E-state index is 0.00512. The molecule has 2 heteroatoms. The Labute approximate surface area is 105 Å². The molecule has 2 bridgehead atoms. The van der Waals surface area contributed by atoms with E-state index in [2.05, 4.69) is 26.0 Å². The summed E-state index contributed by atoms with van der Waals surface area (Å²) in [5.74, 6) is 4.70. The Morgan fingerprint density at radius 2 is 1.82 bits per heavy atom. The molecule has 3 aliphatic rings. The van der Waals surface area contributed by atoms with Crippen LogP contribution in [-0.2, 0) is 0 Å². The maximum Gasteiger partial charge on any atom is 0.0154 e. The zero-order valence-electron chi connectivity index (χ0n) is 11.1. The highest BCUT2D eigenvalue weighted by atomic mass is 14.8. The molecule has 2 nitrogen and oxygen atoms in total. The molecule has 0 aromatic heterocycles. The average Bonchev–Trinajstić information content (AvgIpc) is 2.99. The highest BCUT2D eigenvalue weighted by Crippen LogP contribution is 2.61. The van der Waals surface area contributed by atoms with Gasteiger partial charge in [-0.1, -0.05) is 19.1 Å². The zero-order chi connectivity index (χ0) is 12.2. The predicted molar refractivity (Wildman–Crippen MR) is 71.3 cm³/mol. The van der Waals surface area contributed by atoms with E-state index in [-0.39, 0.29) is 5.54 Å².